The minimum absolute atomic E-state index is 0.404. The van der Waals surface area contributed by atoms with E-state index in [1.165, 1.54) is 6.33 Å². The van der Waals surface area contributed by atoms with Gasteiger partial charge in [-0.15, -0.1) is 0 Å². The predicted molar refractivity (Wildman–Crippen MR) is 80.3 cm³/mol. The molecule has 7 heteroatoms. The minimum Gasteiger partial charge on any atom is -0.481 e. The van der Waals surface area contributed by atoms with Gasteiger partial charge in [-0.05, 0) is 18.1 Å². The van der Waals surface area contributed by atoms with Crippen LogP contribution in [0.25, 0.3) is 0 Å². The molecule has 0 radical (unpaired) electrons. The number of aromatic nitrogens is 3. The van der Waals surface area contributed by atoms with Gasteiger partial charge < -0.3 is 20.5 Å². The number of nitrogen functional groups attached to an aromatic ring is 1. The second-order valence-electron chi connectivity index (χ2n) is 4.35. The van der Waals surface area contributed by atoms with Crippen molar-refractivity contribution in [1.29, 1.82) is 0 Å². The zero-order chi connectivity index (χ0) is 15.1. The van der Waals surface area contributed by atoms with Crippen LogP contribution in [0.1, 0.15) is 18.9 Å². The third kappa shape index (κ3) is 3.95. The van der Waals surface area contributed by atoms with Crippen LogP contribution in [-0.2, 0) is 6.54 Å². The first-order valence-electron chi connectivity index (χ1n) is 6.70. The number of methoxy groups -OCH3 is 1. The standard InChI is InChI=1S/C14H19N5O2/c1-3-6-21-14-12(15)13(18-9-19-14)17-8-10-4-5-16-11(7-10)20-2/h4-5,7,9H,3,6,8,15H2,1-2H3,(H,17,18,19). The topological polar surface area (TPSA) is 95.2 Å². The van der Waals surface area contributed by atoms with E-state index in [-0.39, 0.29) is 0 Å². The van der Waals surface area contributed by atoms with Crippen molar-refractivity contribution in [3.05, 3.63) is 30.2 Å². The highest BCUT2D eigenvalue weighted by atomic mass is 16.5. The van der Waals surface area contributed by atoms with Crippen LogP contribution >= 0.6 is 0 Å². The number of anilines is 2. The number of hydrogen-bond donors (Lipinski definition) is 2. The summed E-state index contributed by atoms with van der Waals surface area (Å²) in [5, 5.41) is 3.16. The second-order valence-corrected chi connectivity index (χ2v) is 4.35. The zero-order valence-corrected chi connectivity index (χ0v) is 12.2. The molecule has 3 N–H and O–H groups in total. The van der Waals surface area contributed by atoms with Crippen LogP contribution in [0.15, 0.2) is 24.7 Å². The van der Waals surface area contributed by atoms with E-state index >= 15 is 0 Å². The van der Waals surface area contributed by atoms with E-state index in [1.807, 2.05) is 19.1 Å². The van der Waals surface area contributed by atoms with Crippen molar-refractivity contribution in [3.63, 3.8) is 0 Å². The molecule has 2 heterocycles. The molecule has 2 aromatic heterocycles. The Morgan fingerprint density at radius 2 is 2.14 bits per heavy atom. The quantitative estimate of drug-likeness (QED) is 0.803. The Balaban J connectivity index is 2.05. The maximum Gasteiger partial charge on any atom is 0.242 e. The summed E-state index contributed by atoms with van der Waals surface area (Å²) in [5.41, 5.74) is 7.41. The molecule has 21 heavy (non-hydrogen) atoms. The van der Waals surface area contributed by atoms with Gasteiger partial charge in [-0.25, -0.2) is 9.97 Å². The fourth-order valence-corrected chi connectivity index (χ4v) is 1.69. The van der Waals surface area contributed by atoms with E-state index in [0.717, 1.165) is 12.0 Å². The van der Waals surface area contributed by atoms with E-state index in [4.69, 9.17) is 15.2 Å². The number of nitrogens with two attached hydrogens (primary N) is 1. The Morgan fingerprint density at radius 3 is 2.90 bits per heavy atom. The molecule has 0 spiro atoms. The van der Waals surface area contributed by atoms with Crippen molar-refractivity contribution < 1.29 is 9.47 Å². The molecule has 0 amide bonds. The first kappa shape index (κ1) is 14.8. The smallest absolute Gasteiger partial charge is 0.242 e. The normalized spacial score (nSPS) is 10.2. The summed E-state index contributed by atoms with van der Waals surface area (Å²) in [6, 6.07) is 3.74. The molecule has 2 rings (SSSR count). The highest BCUT2D eigenvalue weighted by Crippen LogP contribution is 2.25. The van der Waals surface area contributed by atoms with Gasteiger partial charge in [0.15, 0.2) is 5.82 Å². The van der Waals surface area contributed by atoms with Crippen LogP contribution in [0.4, 0.5) is 11.5 Å². The molecule has 2 aromatic rings. The molecule has 0 fully saturated rings. The highest BCUT2D eigenvalue weighted by Gasteiger charge is 2.09. The molecule has 7 nitrogen and oxygen atoms in total. The maximum absolute atomic E-state index is 5.99. The summed E-state index contributed by atoms with van der Waals surface area (Å²) in [6.07, 6.45) is 4.01. The van der Waals surface area contributed by atoms with E-state index in [1.54, 1.807) is 13.3 Å². The number of rotatable bonds is 7. The van der Waals surface area contributed by atoms with Crippen molar-refractivity contribution in [2.75, 3.05) is 24.8 Å². The van der Waals surface area contributed by atoms with Gasteiger partial charge in [0.1, 0.15) is 12.0 Å². The molecule has 112 valence electrons. The summed E-state index contributed by atoms with van der Waals surface area (Å²) < 4.78 is 10.6. The van der Waals surface area contributed by atoms with Gasteiger partial charge in [-0.1, -0.05) is 6.92 Å². The summed E-state index contributed by atoms with van der Waals surface area (Å²) in [7, 11) is 1.58. The predicted octanol–water partition coefficient (Wildman–Crippen LogP) is 1.86. The lowest BCUT2D eigenvalue weighted by Gasteiger charge is -2.11. The lowest BCUT2D eigenvalue weighted by Crippen LogP contribution is -2.08. The molecule has 0 aliphatic carbocycles. The number of nitrogens with one attached hydrogen (secondary N) is 1. The molecular formula is C14H19N5O2. The van der Waals surface area contributed by atoms with Crippen molar-refractivity contribution >= 4 is 11.5 Å². The van der Waals surface area contributed by atoms with Crippen LogP contribution in [0.5, 0.6) is 11.8 Å². The monoisotopic (exact) mass is 289 g/mol. The first-order valence-corrected chi connectivity index (χ1v) is 6.70. The van der Waals surface area contributed by atoms with Crippen molar-refractivity contribution in [2.45, 2.75) is 19.9 Å². The summed E-state index contributed by atoms with van der Waals surface area (Å²) in [5.74, 6) is 1.52. The van der Waals surface area contributed by atoms with E-state index in [0.29, 0.717) is 36.4 Å². The lowest BCUT2D eigenvalue weighted by atomic mass is 10.2. The third-order valence-corrected chi connectivity index (χ3v) is 2.76. The average Bonchev–Trinajstić information content (AvgIpc) is 2.53. The largest absolute Gasteiger partial charge is 0.481 e. The van der Waals surface area contributed by atoms with Gasteiger partial charge in [-0.2, -0.15) is 4.98 Å². The fraction of sp³-hybridized carbons (Fsp3) is 0.357. The molecule has 0 saturated carbocycles. The van der Waals surface area contributed by atoms with Crippen molar-refractivity contribution in [3.8, 4) is 11.8 Å². The number of ether oxygens (including phenoxy) is 2. The molecule has 0 atom stereocenters. The van der Waals surface area contributed by atoms with Crippen LogP contribution in [-0.4, -0.2) is 28.7 Å². The Labute approximate surface area is 123 Å². The molecule has 0 aliphatic heterocycles. The van der Waals surface area contributed by atoms with Gasteiger partial charge >= 0.3 is 0 Å². The molecule has 0 saturated heterocycles. The molecule has 0 bridgehead atoms. The van der Waals surface area contributed by atoms with Gasteiger partial charge in [-0.3, -0.25) is 0 Å². The zero-order valence-electron chi connectivity index (χ0n) is 12.2. The SMILES string of the molecule is CCCOc1ncnc(NCc2ccnc(OC)c2)c1N. The van der Waals surface area contributed by atoms with Crippen LogP contribution in [0.3, 0.4) is 0 Å². The molecule has 0 aromatic carbocycles. The summed E-state index contributed by atoms with van der Waals surface area (Å²) >= 11 is 0. The van der Waals surface area contributed by atoms with Crippen molar-refractivity contribution in [2.24, 2.45) is 0 Å². The first-order chi connectivity index (χ1) is 10.2. The van der Waals surface area contributed by atoms with Crippen molar-refractivity contribution in [1.82, 2.24) is 15.0 Å². The Bertz CT molecular complexity index is 591. The Morgan fingerprint density at radius 1 is 1.29 bits per heavy atom. The van der Waals surface area contributed by atoms with Gasteiger partial charge in [0, 0.05) is 18.8 Å². The van der Waals surface area contributed by atoms with Gasteiger partial charge in [0.2, 0.25) is 11.8 Å². The van der Waals surface area contributed by atoms with Crippen LogP contribution in [0.2, 0.25) is 0 Å². The van der Waals surface area contributed by atoms with E-state index < -0.39 is 0 Å². The molecule has 0 aliphatic rings. The Kier molecular flexibility index (Phi) is 5.14. The van der Waals surface area contributed by atoms with E-state index in [2.05, 4.69) is 20.3 Å². The Hall–Kier alpha value is -2.57. The lowest BCUT2D eigenvalue weighted by molar-refractivity contribution is 0.306. The summed E-state index contributed by atoms with van der Waals surface area (Å²) in [6.45, 7) is 3.14. The van der Waals surface area contributed by atoms with Gasteiger partial charge in [0.05, 0.1) is 13.7 Å². The van der Waals surface area contributed by atoms with Crippen LogP contribution < -0.4 is 20.5 Å². The third-order valence-electron chi connectivity index (χ3n) is 2.76. The molecule has 0 unspecified atom stereocenters. The number of hydrogen-bond acceptors (Lipinski definition) is 7. The fourth-order valence-electron chi connectivity index (χ4n) is 1.69. The summed E-state index contributed by atoms with van der Waals surface area (Å²) in [4.78, 5) is 12.2. The van der Waals surface area contributed by atoms with E-state index in [9.17, 15) is 0 Å². The minimum atomic E-state index is 0.404. The molecular weight excluding hydrogens is 270 g/mol. The van der Waals surface area contributed by atoms with Gasteiger partial charge in [0.25, 0.3) is 0 Å². The number of pyridine rings is 1. The maximum atomic E-state index is 5.99. The highest BCUT2D eigenvalue weighted by molar-refractivity contribution is 5.66. The van der Waals surface area contributed by atoms with Crippen LogP contribution in [0, 0.1) is 0 Å². The second kappa shape index (κ2) is 7.28. The average molecular weight is 289 g/mol. The number of nitrogens with zero attached hydrogens (tertiary/aromatic N) is 3.